The molecule has 3 N–H and O–H groups in total. The molecular weight excluding hydrogens is 363 g/mol. The zero-order chi connectivity index (χ0) is 19.7. The highest BCUT2D eigenvalue weighted by molar-refractivity contribution is 6.07. The number of fused-ring (bicyclic) bond motifs is 1. The maximum Gasteiger partial charge on any atom is 0.271 e. The summed E-state index contributed by atoms with van der Waals surface area (Å²) in [6.07, 6.45) is 2.95. The van der Waals surface area contributed by atoms with Gasteiger partial charge in [0.25, 0.3) is 5.91 Å². The molecule has 0 aliphatic carbocycles. The minimum absolute atomic E-state index is 0.0727. The number of anilines is 1. The van der Waals surface area contributed by atoms with Gasteiger partial charge in [0.1, 0.15) is 17.8 Å². The Morgan fingerprint density at radius 1 is 1.21 bits per heavy atom. The molecule has 0 spiro atoms. The van der Waals surface area contributed by atoms with E-state index in [0.29, 0.717) is 28.1 Å². The third-order valence-corrected chi connectivity index (χ3v) is 4.10. The molecule has 1 aromatic carbocycles. The average Bonchev–Trinajstić information content (AvgIpc) is 3.22. The number of nitrogens with two attached hydrogens (primary N) is 1. The van der Waals surface area contributed by atoms with Crippen LogP contribution in [0.5, 0.6) is 0 Å². The van der Waals surface area contributed by atoms with Crippen LogP contribution in [0.15, 0.2) is 47.2 Å². The van der Waals surface area contributed by atoms with Crippen molar-refractivity contribution in [2.24, 2.45) is 0 Å². The number of carbonyl (C=O) groups is 1. The van der Waals surface area contributed by atoms with Crippen molar-refractivity contribution < 1.29 is 13.6 Å². The van der Waals surface area contributed by atoms with Crippen molar-refractivity contribution >= 4 is 22.8 Å². The predicted octanol–water partition coefficient (Wildman–Crippen LogP) is 2.64. The van der Waals surface area contributed by atoms with Crippen molar-refractivity contribution in [3.8, 4) is 11.5 Å². The number of halogens is 1. The molecule has 0 saturated heterocycles. The monoisotopic (exact) mass is 378 g/mol. The van der Waals surface area contributed by atoms with Crippen LogP contribution in [-0.2, 0) is 6.54 Å². The molecule has 28 heavy (non-hydrogen) atoms. The SMILES string of the molecule is Cc1ccc(F)c(CNC(=O)c2nc(N)nc3c(-c4ncco4)cccc23)n1. The fourth-order valence-electron chi connectivity index (χ4n) is 2.84. The first-order valence-corrected chi connectivity index (χ1v) is 8.39. The number of nitrogens with one attached hydrogen (secondary N) is 1. The van der Waals surface area contributed by atoms with Crippen LogP contribution < -0.4 is 11.1 Å². The maximum atomic E-state index is 13.9. The van der Waals surface area contributed by atoms with Gasteiger partial charge in [-0.1, -0.05) is 12.1 Å². The summed E-state index contributed by atoms with van der Waals surface area (Å²) in [5.74, 6) is -0.742. The van der Waals surface area contributed by atoms with Gasteiger partial charge in [0.2, 0.25) is 11.8 Å². The van der Waals surface area contributed by atoms with E-state index in [1.807, 2.05) is 0 Å². The van der Waals surface area contributed by atoms with Crippen LogP contribution in [0.4, 0.5) is 10.3 Å². The van der Waals surface area contributed by atoms with E-state index < -0.39 is 11.7 Å². The highest BCUT2D eigenvalue weighted by atomic mass is 19.1. The summed E-state index contributed by atoms with van der Waals surface area (Å²) in [5.41, 5.74) is 7.69. The Morgan fingerprint density at radius 3 is 2.86 bits per heavy atom. The molecule has 0 atom stereocenters. The maximum absolute atomic E-state index is 13.9. The Hall–Kier alpha value is -3.88. The van der Waals surface area contributed by atoms with E-state index in [0.717, 1.165) is 0 Å². The van der Waals surface area contributed by atoms with Gasteiger partial charge in [0, 0.05) is 11.1 Å². The lowest BCUT2D eigenvalue weighted by Gasteiger charge is -2.10. The van der Waals surface area contributed by atoms with Crippen LogP contribution in [0.3, 0.4) is 0 Å². The van der Waals surface area contributed by atoms with Crippen LogP contribution in [0.1, 0.15) is 21.9 Å². The number of benzene rings is 1. The quantitative estimate of drug-likeness (QED) is 0.560. The Morgan fingerprint density at radius 2 is 2.07 bits per heavy atom. The molecule has 0 unspecified atom stereocenters. The zero-order valence-corrected chi connectivity index (χ0v) is 14.8. The van der Waals surface area contributed by atoms with E-state index in [1.165, 1.54) is 18.5 Å². The van der Waals surface area contributed by atoms with Gasteiger partial charge in [-0.2, -0.15) is 0 Å². The summed E-state index contributed by atoms with van der Waals surface area (Å²) in [7, 11) is 0. The Labute approximate surface area is 158 Å². The molecule has 0 radical (unpaired) electrons. The van der Waals surface area contributed by atoms with Crippen LogP contribution >= 0.6 is 0 Å². The van der Waals surface area contributed by atoms with Crippen molar-refractivity contribution in [3.05, 3.63) is 65.7 Å². The molecule has 4 rings (SSSR count). The lowest BCUT2D eigenvalue weighted by Crippen LogP contribution is -2.26. The number of hydrogen-bond acceptors (Lipinski definition) is 7. The summed E-state index contributed by atoms with van der Waals surface area (Å²) < 4.78 is 19.2. The number of hydrogen-bond donors (Lipinski definition) is 2. The molecule has 0 fully saturated rings. The second-order valence-corrected chi connectivity index (χ2v) is 6.03. The largest absolute Gasteiger partial charge is 0.444 e. The average molecular weight is 378 g/mol. The summed E-state index contributed by atoms with van der Waals surface area (Å²) in [5, 5.41) is 3.10. The minimum Gasteiger partial charge on any atom is -0.444 e. The molecule has 1 amide bonds. The predicted molar refractivity (Wildman–Crippen MR) is 99.5 cm³/mol. The van der Waals surface area contributed by atoms with E-state index >= 15 is 0 Å². The number of nitrogens with zero attached hydrogens (tertiary/aromatic N) is 4. The number of amides is 1. The number of para-hydroxylation sites is 1. The number of nitrogen functional groups attached to an aromatic ring is 1. The molecule has 8 nitrogen and oxygen atoms in total. The fourth-order valence-corrected chi connectivity index (χ4v) is 2.84. The van der Waals surface area contributed by atoms with Gasteiger partial charge < -0.3 is 15.5 Å². The number of aromatic nitrogens is 4. The molecular formula is C19H15FN6O2. The normalized spacial score (nSPS) is 10.9. The van der Waals surface area contributed by atoms with Crippen LogP contribution in [-0.4, -0.2) is 25.8 Å². The molecule has 0 aliphatic heterocycles. The number of aryl methyl sites for hydroxylation is 1. The minimum atomic E-state index is -0.522. The lowest BCUT2D eigenvalue weighted by atomic mass is 10.1. The van der Waals surface area contributed by atoms with Gasteiger partial charge in [0.15, 0.2) is 0 Å². The molecule has 140 valence electrons. The summed E-state index contributed by atoms with van der Waals surface area (Å²) in [4.78, 5) is 29.2. The fraction of sp³-hybridized carbons (Fsp3) is 0.105. The van der Waals surface area contributed by atoms with Gasteiger partial charge >= 0.3 is 0 Å². The van der Waals surface area contributed by atoms with E-state index in [4.69, 9.17) is 10.2 Å². The third kappa shape index (κ3) is 3.25. The molecule has 3 heterocycles. The van der Waals surface area contributed by atoms with Gasteiger partial charge in [-0.3, -0.25) is 9.78 Å². The summed E-state index contributed by atoms with van der Waals surface area (Å²) in [6.45, 7) is 1.66. The third-order valence-electron chi connectivity index (χ3n) is 4.10. The molecule has 0 saturated carbocycles. The summed E-state index contributed by atoms with van der Waals surface area (Å²) in [6, 6.07) is 8.06. The van der Waals surface area contributed by atoms with Gasteiger partial charge in [-0.05, 0) is 25.1 Å². The van der Waals surface area contributed by atoms with Gasteiger partial charge in [-0.25, -0.2) is 19.3 Å². The van der Waals surface area contributed by atoms with E-state index in [9.17, 15) is 9.18 Å². The number of rotatable bonds is 4. The first-order chi connectivity index (χ1) is 13.5. The second-order valence-electron chi connectivity index (χ2n) is 6.03. The van der Waals surface area contributed by atoms with Crippen molar-refractivity contribution in [3.63, 3.8) is 0 Å². The zero-order valence-electron chi connectivity index (χ0n) is 14.8. The standard InChI is InChI=1S/C19H15FN6O2/c1-10-5-6-13(20)14(24-10)9-23-17(27)16-11-3-2-4-12(18-22-7-8-28-18)15(11)25-19(21)26-16/h2-8H,9H2,1H3,(H,23,27)(H2,21,25,26). The van der Waals surface area contributed by atoms with Gasteiger partial charge in [0.05, 0.1) is 29.5 Å². The molecule has 3 aromatic heterocycles. The number of pyridine rings is 1. The second kappa shape index (κ2) is 7.03. The van der Waals surface area contributed by atoms with Crippen molar-refractivity contribution in [1.82, 2.24) is 25.3 Å². The number of carbonyl (C=O) groups excluding carboxylic acids is 1. The van der Waals surface area contributed by atoms with E-state index in [2.05, 4.69) is 25.3 Å². The van der Waals surface area contributed by atoms with Crippen molar-refractivity contribution in [1.29, 1.82) is 0 Å². The van der Waals surface area contributed by atoms with Crippen molar-refractivity contribution in [2.75, 3.05) is 5.73 Å². The molecule has 4 aromatic rings. The number of oxazole rings is 1. The highest BCUT2D eigenvalue weighted by Crippen LogP contribution is 2.28. The first kappa shape index (κ1) is 17.5. The first-order valence-electron chi connectivity index (χ1n) is 8.39. The van der Waals surface area contributed by atoms with Crippen LogP contribution in [0.25, 0.3) is 22.4 Å². The van der Waals surface area contributed by atoms with Crippen molar-refractivity contribution in [2.45, 2.75) is 13.5 Å². The highest BCUT2D eigenvalue weighted by Gasteiger charge is 2.18. The van der Waals surface area contributed by atoms with Crippen LogP contribution in [0.2, 0.25) is 0 Å². The van der Waals surface area contributed by atoms with E-state index in [1.54, 1.807) is 31.2 Å². The molecule has 9 heteroatoms. The molecule has 0 aliphatic rings. The Bertz CT molecular complexity index is 1180. The lowest BCUT2D eigenvalue weighted by molar-refractivity contribution is 0.0947. The van der Waals surface area contributed by atoms with Gasteiger partial charge in [-0.15, -0.1) is 0 Å². The Balaban J connectivity index is 1.71. The van der Waals surface area contributed by atoms with E-state index in [-0.39, 0.29) is 23.9 Å². The topological polar surface area (TPSA) is 120 Å². The molecule has 0 bridgehead atoms. The smallest absolute Gasteiger partial charge is 0.271 e. The summed E-state index contributed by atoms with van der Waals surface area (Å²) >= 11 is 0. The Kier molecular flexibility index (Phi) is 4.40. The van der Waals surface area contributed by atoms with Crippen LogP contribution in [0, 0.1) is 12.7 Å².